The van der Waals surface area contributed by atoms with Crippen LogP contribution in [0.2, 0.25) is 0 Å². The molecule has 0 fully saturated rings. The number of nitrogen functional groups attached to an aromatic ring is 1. The second-order valence-electron chi connectivity index (χ2n) is 5.07. The van der Waals surface area contributed by atoms with E-state index in [0.29, 0.717) is 11.3 Å². The summed E-state index contributed by atoms with van der Waals surface area (Å²) in [4.78, 5) is 16.5. The van der Waals surface area contributed by atoms with E-state index in [0.717, 1.165) is 16.8 Å². The van der Waals surface area contributed by atoms with Crippen LogP contribution in [-0.2, 0) is 0 Å². The molecule has 0 aliphatic rings. The summed E-state index contributed by atoms with van der Waals surface area (Å²) in [6.07, 6.45) is 1.53. The van der Waals surface area contributed by atoms with Gasteiger partial charge >= 0.3 is 0 Å². The highest BCUT2D eigenvalue weighted by atomic mass is 16.1. The number of nitrogens with one attached hydrogen (secondary N) is 2. The molecule has 5 heteroatoms. The second kappa shape index (κ2) is 6.37. The highest BCUT2D eigenvalue weighted by molar-refractivity contribution is 5.99. The number of nitrogens with two attached hydrogens (primary N) is 1. The van der Waals surface area contributed by atoms with Crippen LogP contribution in [0.5, 0.6) is 0 Å². The Balaban J connectivity index is 2.20. The Morgan fingerprint density at radius 2 is 2.00 bits per heavy atom. The van der Waals surface area contributed by atoms with Crippen molar-refractivity contribution < 1.29 is 4.79 Å². The van der Waals surface area contributed by atoms with Gasteiger partial charge in [-0.05, 0) is 38.0 Å². The number of hydrogen-bond donors (Lipinski definition) is 3. The largest absolute Gasteiger partial charge is 0.345 e. The van der Waals surface area contributed by atoms with E-state index in [1.54, 1.807) is 6.07 Å². The van der Waals surface area contributed by atoms with Crippen LogP contribution in [0.15, 0.2) is 36.5 Å². The molecule has 1 atom stereocenters. The molecule has 2 rings (SSSR count). The van der Waals surface area contributed by atoms with Gasteiger partial charge in [0.15, 0.2) is 0 Å². The average Bonchev–Trinajstić information content (AvgIpc) is 2.47. The van der Waals surface area contributed by atoms with E-state index in [2.05, 4.69) is 15.7 Å². The van der Waals surface area contributed by atoms with Crippen molar-refractivity contribution in [2.24, 2.45) is 5.84 Å². The number of benzene rings is 1. The molecule has 110 valence electrons. The number of amides is 1. The smallest absolute Gasteiger partial charge is 0.255 e. The van der Waals surface area contributed by atoms with Crippen molar-refractivity contribution in [2.45, 2.75) is 26.8 Å². The molecule has 4 N–H and O–H groups in total. The lowest BCUT2D eigenvalue weighted by molar-refractivity contribution is 0.0940. The van der Waals surface area contributed by atoms with Crippen molar-refractivity contribution in [1.82, 2.24) is 10.3 Å². The number of carbonyl (C=O) groups is 1. The topological polar surface area (TPSA) is 80.0 Å². The number of pyridine rings is 1. The van der Waals surface area contributed by atoms with Crippen molar-refractivity contribution in [1.29, 1.82) is 0 Å². The van der Waals surface area contributed by atoms with Gasteiger partial charge in [0.1, 0.15) is 0 Å². The fourth-order valence-electron chi connectivity index (χ4n) is 2.28. The molecule has 1 unspecified atom stereocenters. The molecule has 0 aliphatic carbocycles. The zero-order valence-electron chi connectivity index (χ0n) is 12.5. The SMILES string of the molecule is Cc1cc(NN)c(C(=O)NC(C)c2ccccc2C)cn1. The Labute approximate surface area is 124 Å². The fraction of sp³-hybridized carbons (Fsp3) is 0.250. The minimum Gasteiger partial charge on any atom is -0.345 e. The van der Waals surface area contributed by atoms with Crippen molar-refractivity contribution in [3.8, 4) is 0 Å². The summed E-state index contributed by atoms with van der Waals surface area (Å²) >= 11 is 0. The number of aryl methyl sites for hydroxylation is 2. The minimum absolute atomic E-state index is 0.0920. The van der Waals surface area contributed by atoms with Crippen LogP contribution >= 0.6 is 0 Å². The maximum Gasteiger partial charge on any atom is 0.255 e. The number of hydrazine groups is 1. The highest BCUT2D eigenvalue weighted by Gasteiger charge is 2.16. The van der Waals surface area contributed by atoms with E-state index in [1.807, 2.05) is 45.0 Å². The third-order valence-corrected chi connectivity index (χ3v) is 3.44. The van der Waals surface area contributed by atoms with Crippen molar-refractivity contribution in [3.05, 3.63) is 58.9 Å². The molecule has 0 aliphatic heterocycles. The van der Waals surface area contributed by atoms with Crippen LogP contribution in [0.1, 0.15) is 40.1 Å². The molecule has 0 radical (unpaired) electrons. The van der Waals surface area contributed by atoms with Gasteiger partial charge in [-0.15, -0.1) is 0 Å². The van der Waals surface area contributed by atoms with Crippen molar-refractivity contribution in [2.75, 3.05) is 5.43 Å². The molecule has 0 bridgehead atoms. The molecular formula is C16H20N4O. The number of anilines is 1. The zero-order valence-corrected chi connectivity index (χ0v) is 12.5. The predicted octanol–water partition coefficient (Wildman–Crippen LogP) is 2.48. The Hall–Kier alpha value is -2.40. The van der Waals surface area contributed by atoms with E-state index >= 15 is 0 Å². The third-order valence-electron chi connectivity index (χ3n) is 3.44. The maximum atomic E-state index is 12.4. The summed E-state index contributed by atoms with van der Waals surface area (Å²) in [7, 11) is 0. The first-order chi connectivity index (χ1) is 10.0. The maximum absolute atomic E-state index is 12.4. The standard InChI is InChI=1S/C16H20N4O/c1-10-6-4-5-7-13(10)12(3)19-16(21)14-9-18-11(2)8-15(14)20-17/h4-9,12H,17H2,1-3H3,(H,18,20)(H,19,21). The molecule has 0 spiro atoms. The molecule has 1 heterocycles. The van der Waals surface area contributed by atoms with E-state index in [4.69, 9.17) is 5.84 Å². The van der Waals surface area contributed by atoms with Gasteiger partial charge in [-0.1, -0.05) is 24.3 Å². The van der Waals surface area contributed by atoms with Gasteiger partial charge in [-0.25, -0.2) is 0 Å². The van der Waals surface area contributed by atoms with Crippen LogP contribution in [0.25, 0.3) is 0 Å². The molecule has 1 aromatic carbocycles. The Morgan fingerprint density at radius 3 is 2.67 bits per heavy atom. The average molecular weight is 284 g/mol. The lowest BCUT2D eigenvalue weighted by atomic mass is 10.0. The lowest BCUT2D eigenvalue weighted by Gasteiger charge is -2.17. The molecule has 0 saturated carbocycles. The van der Waals surface area contributed by atoms with E-state index in [9.17, 15) is 4.79 Å². The van der Waals surface area contributed by atoms with Gasteiger partial charge in [0.2, 0.25) is 0 Å². The Morgan fingerprint density at radius 1 is 1.29 bits per heavy atom. The van der Waals surface area contributed by atoms with E-state index in [-0.39, 0.29) is 11.9 Å². The zero-order chi connectivity index (χ0) is 15.4. The molecule has 21 heavy (non-hydrogen) atoms. The molecule has 5 nitrogen and oxygen atoms in total. The summed E-state index contributed by atoms with van der Waals surface area (Å²) in [6.45, 7) is 5.83. The van der Waals surface area contributed by atoms with Crippen LogP contribution in [0.4, 0.5) is 5.69 Å². The normalized spacial score (nSPS) is 11.8. The fourth-order valence-corrected chi connectivity index (χ4v) is 2.28. The summed E-state index contributed by atoms with van der Waals surface area (Å²) < 4.78 is 0. The first kappa shape index (κ1) is 15.0. The van der Waals surface area contributed by atoms with Crippen LogP contribution in [0, 0.1) is 13.8 Å². The van der Waals surface area contributed by atoms with Gasteiger partial charge < -0.3 is 10.7 Å². The van der Waals surface area contributed by atoms with E-state index < -0.39 is 0 Å². The van der Waals surface area contributed by atoms with Gasteiger partial charge in [0.25, 0.3) is 5.91 Å². The van der Waals surface area contributed by atoms with E-state index in [1.165, 1.54) is 6.20 Å². The number of carbonyl (C=O) groups excluding carboxylic acids is 1. The number of aromatic nitrogens is 1. The molecule has 1 aromatic heterocycles. The predicted molar refractivity (Wildman–Crippen MR) is 83.8 cm³/mol. The van der Waals surface area contributed by atoms with Gasteiger partial charge in [-0.3, -0.25) is 15.6 Å². The highest BCUT2D eigenvalue weighted by Crippen LogP contribution is 2.19. The Bertz CT molecular complexity index is 654. The molecule has 1 amide bonds. The molecule has 2 aromatic rings. The monoisotopic (exact) mass is 284 g/mol. The first-order valence-electron chi connectivity index (χ1n) is 6.82. The van der Waals surface area contributed by atoms with Crippen LogP contribution < -0.4 is 16.6 Å². The number of rotatable bonds is 4. The number of hydrogen-bond acceptors (Lipinski definition) is 4. The first-order valence-corrected chi connectivity index (χ1v) is 6.82. The summed E-state index contributed by atoms with van der Waals surface area (Å²) in [5.74, 6) is 5.26. The Kier molecular flexibility index (Phi) is 4.55. The van der Waals surface area contributed by atoms with Crippen molar-refractivity contribution in [3.63, 3.8) is 0 Å². The number of nitrogens with zero attached hydrogens (tertiary/aromatic N) is 1. The van der Waals surface area contributed by atoms with Crippen LogP contribution in [0.3, 0.4) is 0 Å². The summed E-state index contributed by atoms with van der Waals surface area (Å²) in [5, 5.41) is 2.97. The van der Waals surface area contributed by atoms with Gasteiger partial charge in [0.05, 0.1) is 17.3 Å². The van der Waals surface area contributed by atoms with Crippen molar-refractivity contribution >= 4 is 11.6 Å². The van der Waals surface area contributed by atoms with Crippen LogP contribution in [-0.4, -0.2) is 10.9 Å². The second-order valence-corrected chi connectivity index (χ2v) is 5.07. The molecular weight excluding hydrogens is 264 g/mol. The lowest BCUT2D eigenvalue weighted by Crippen LogP contribution is -2.28. The third kappa shape index (κ3) is 3.38. The van der Waals surface area contributed by atoms with Gasteiger partial charge in [0, 0.05) is 11.9 Å². The quantitative estimate of drug-likeness (QED) is 0.595. The molecule has 0 saturated heterocycles. The summed E-state index contributed by atoms with van der Waals surface area (Å²) in [5.41, 5.74) is 6.57. The minimum atomic E-state index is -0.203. The summed E-state index contributed by atoms with van der Waals surface area (Å²) in [6, 6.07) is 9.63. The van der Waals surface area contributed by atoms with Gasteiger partial charge in [-0.2, -0.15) is 0 Å².